The van der Waals surface area contributed by atoms with E-state index >= 15 is 0 Å². The molecule has 0 amide bonds. The maximum atomic E-state index is 5.94. The summed E-state index contributed by atoms with van der Waals surface area (Å²) in [6, 6.07) is 4.75. The second-order valence-electron chi connectivity index (χ2n) is 4.03. The Balaban J connectivity index is 1.75. The van der Waals surface area contributed by atoms with Crippen molar-refractivity contribution in [3.63, 3.8) is 0 Å². The van der Waals surface area contributed by atoms with Crippen molar-refractivity contribution in [1.29, 1.82) is 0 Å². The summed E-state index contributed by atoms with van der Waals surface area (Å²) in [6.07, 6.45) is 3.66. The lowest BCUT2D eigenvalue weighted by atomic mass is 10.1. The van der Waals surface area contributed by atoms with Crippen molar-refractivity contribution in [2.45, 2.75) is 25.3 Å². The number of rotatable bonds is 3. The molecular weight excluding hydrogens is 192 g/mol. The van der Waals surface area contributed by atoms with Crippen molar-refractivity contribution in [1.82, 2.24) is 4.90 Å². The van der Waals surface area contributed by atoms with Gasteiger partial charge in [-0.05, 0) is 37.3 Å². The van der Waals surface area contributed by atoms with Gasteiger partial charge in [-0.3, -0.25) is 0 Å². The smallest absolute Gasteiger partial charge is 0.0168 e. The molecule has 1 saturated heterocycles. The summed E-state index contributed by atoms with van der Waals surface area (Å²) in [5.74, 6) is 0. The summed E-state index contributed by atoms with van der Waals surface area (Å²) < 4.78 is 0. The Bertz CT molecular complexity index is 258. The Morgan fingerprint density at radius 2 is 2.50 bits per heavy atom. The van der Waals surface area contributed by atoms with Gasteiger partial charge in [-0.15, -0.1) is 11.3 Å². The number of likely N-dealkylation sites (tertiary alicyclic amines) is 1. The molecule has 1 atom stereocenters. The Labute approximate surface area is 89.7 Å². The number of nitrogens with two attached hydrogens (primary N) is 1. The van der Waals surface area contributed by atoms with E-state index in [0.29, 0.717) is 6.04 Å². The van der Waals surface area contributed by atoms with Crippen molar-refractivity contribution < 1.29 is 0 Å². The van der Waals surface area contributed by atoms with Crippen LogP contribution in [-0.2, 0) is 6.42 Å². The van der Waals surface area contributed by atoms with Crippen molar-refractivity contribution in [3.05, 3.63) is 22.4 Å². The number of nitrogens with zero attached hydrogens (tertiary/aromatic N) is 1. The van der Waals surface area contributed by atoms with Crippen LogP contribution in [0, 0.1) is 0 Å². The quantitative estimate of drug-likeness (QED) is 0.823. The lowest BCUT2D eigenvalue weighted by molar-refractivity contribution is 0.212. The van der Waals surface area contributed by atoms with Crippen LogP contribution in [0.25, 0.3) is 0 Å². The first-order valence-corrected chi connectivity index (χ1v) is 6.23. The molecule has 0 bridgehead atoms. The third-order valence-electron chi connectivity index (χ3n) is 2.80. The fourth-order valence-corrected chi connectivity index (χ4v) is 2.72. The number of hydrogen-bond acceptors (Lipinski definition) is 3. The van der Waals surface area contributed by atoms with Gasteiger partial charge in [0.1, 0.15) is 0 Å². The van der Waals surface area contributed by atoms with Crippen LogP contribution in [0.5, 0.6) is 0 Å². The Kier molecular flexibility index (Phi) is 3.56. The molecule has 1 aromatic heterocycles. The molecule has 0 radical (unpaired) electrons. The Morgan fingerprint density at radius 3 is 3.21 bits per heavy atom. The molecule has 14 heavy (non-hydrogen) atoms. The predicted octanol–water partition coefficient (Wildman–Crippen LogP) is 1.71. The predicted molar refractivity (Wildman–Crippen MR) is 61.7 cm³/mol. The lowest BCUT2D eigenvalue weighted by Gasteiger charge is -2.30. The van der Waals surface area contributed by atoms with E-state index in [-0.39, 0.29) is 0 Å². The van der Waals surface area contributed by atoms with Gasteiger partial charge in [-0.1, -0.05) is 6.07 Å². The molecule has 1 aromatic rings. The van der Waals surface area contributed by atoms with Crippen molar-refractivity contribution in [2.24, 2.45) is 5.73 Å². The number of thiophene rings is 1. The van der Waals surface area contributed by atoms with Gasteiger partial charge in [0.05, 0.1) is 0 Å². The molecule has 2 N–H and O–H groups in total. The van der Waals surface area contributed by atoms with Gasteiger partial charge in [-0.25, -0.2) is 0 Å². The molecule has 0 saturated carbocycles. The maximum absolute atomic E-state index is 5.94. The molecule has 0 spiro atoms. The zero-order valence-corrected chi connectivity index (χ0v) is 9.30. The average molecular weight is 210 g/mol. The monoisotopic (exact) mass is 210 g/mol. The van der Waals surface area contributed by atoms with Crippen molar-refractivity contribution >= 4 is 11.3 Å². The minimum absolute atomic E-state index is 0.409. The highest BCUT2D eigenvalue weighted by Crippen LogP contribution is 2.12. The van der Waals surface area contributed by atoms with Gasteiger partial charge in [-0.2, -0.15) is 0 Å². The molecule has 0 aliphatic carbocycles. The molecule has 1 aliphatic rings. The summed E-state index contributed by atoms with van der Waals surface area (Å²) in [5.41, 5.74) is 5.94. The summed E-state index contributed by atoms with van der Waals surface area (Å²) in [6.45, 7) is 3.50. The SMILES string of the molecule is NC1CCCN(CCc2cccs2)C1. The first kappa shape index (κ1) is 10.1. The highest BCUT2D eigenvalue weighted by molar-refractivity contribution is 7.09. The van der Waals surface area contributed by atoms with Crippen molar-refractivity contribution in [2.75, 3.05) is 19.6 Å². The molecule has 78 valence electrons. The van der Waals surface area contributed by atoms with Gasteiger partial charge in [0.2, 0.25) is 0 Å². The normalized spacial score (nSPS) is 23.9. The van der Waals surface area contributed by atoms with E-state index in [0.717, 1.165) is 6.54 Å². The maximum Gasteiger partial charge on any atom is 0.0168 e. The van der Waals surface area contributed by atoms with E-state index in [2.05, 4.69) is 22.4 Å². The molecule has 3 heteroatoms. The molecule has 1 fully saturated rings. The van der Waals surface area contributed by atoms with E-state index in [1.54, 1.807) is 0 Å². The first-order chi connectivity index (χ1) is 6.84. The molecule has 1 aliphatic heterocycles. The zero-order valence-electron chi connectivity index (χ0n) is 8.48. The lowest BCUT2D eigenvalue weighted by Crippen LogP contribution is -2.43. The molecule has 0 aromatic carbocycles. The zero-order chi connectivity index (χ0) is 9.80. The molecule has 2 nitrogen and oxygen atoms in total. The number of hydrogen-bond donors (Lipinski definition) is 1. The summed E-state index contributed by atoms with van der Waals surface area (Å²) in [4.78, 5) is 3.98. The molecule has 1 unspecified atom stereocenters. The van der Waals surface area contributed by atoms with E-state index in [1.165, 1.54) is 37.2 Å². The summed E-state index contributed by atoms with van der Waals surface area (Å²) in [5, 5.41) is 2.15. The number of piperidine rings is 1. The third-order valence-corrected chi connectivity index (χ3v) is 3.73. The van der Waals surface area contributed by atoms with Gasteiger partial charge in [0.15, 0.2) is 0 Å². The van der Waals surface area contributed by atoms with Crippen molar-refractivity contribution in [3.8, 4) is 0 Å². The van der Waals surface area contributed by atoms with Crippen LogP contribution in [-0.4, -0.2) is 30.6 Å². The van der Waals surface area contributed by atoms with Crippen LogP contribution in [0.1, 0.15) is 17.7 Å². The van der Waals surface area contributed by atoms with E-state index in [1.807, 2.05) is 11.3 Å². The first-order valence-electron chi connectivity index (χ1n) is 5.35. The third kappa shape index (κ3) is 2.80. The second kappa shape index (κ2) is 4.91. The minimum Gasteiger partial charge on any atom is -0.327 e. The average Bonchev–Trinajstić information content (AvgIpc) is 2.67. The molecule has 2 rings (SSSR count). The Hall–Kier alpha value is -0.380. The van der Waals surface area contributed by atoms with Crippen LogP contribution < -0.4 is 5.73 Å². The van der Waals surface area contributed by atoms with Crippen LogP contribution in [0.2, 0.25) is 0 Å². The molecule has 2 heterocycles. The largest absolute Gasteiger partial charge is 0.327 e. The van der Waals surface area contributed by atoms with Gasteiger partial charge in [0, 0.05) is 24.0 Å². The van der Waals surface area contributed by atoms with Gasteiger partial charge >= 0.3 is 0 Å². The highest BCUT2D eigenvalue weighted by atomic mass is 32.1. The molecular formula is C11H18N2S. The van der Waals surface area contributed by atoms with Crippen LogP contribution in [0.15, 0.2) is 17.5 Å². The minimum atomic E-state index is 0.409. The van der Waals surface area contributed by atoms with Crippen LogP contribution in [0.4, 0.5) is 0 Å². The van der Waals surface area contributed by atoms with Gasteiger partial charge in [0.25, 0.3) is 0 Å². The standard InChI is InChI=1S/C11H18N2S/c12-10-3-1-6-13(9-10)7-5-11-4-2-8-14-11/h2,4,8,10H,1,3,5-7,9,12H2. The summed E-state index contributed by atoms with van der Waals surface area (Å²) in [7, 11) is 0. The topological polar surface area (TPSA) is 29.3 Å². The highest BCUT2D eigenvalue weighted by Gasteiger charge is 2.15. The van der Waals surface area contributed by atoms with E-state index in [4.69, 9.17) is 5.73 Å². The second-order valence-corrected chi connectivity index (χ2v) is 5.06. The van der Waals surface area contributed by atoms with Gasteiger partial charge < -0.3 is 10.6 Å². The van der Waals surface area contributed by atoms with E-state index in [9.17, 15) is 0 Å². The van der Waals surface area contributed by atoms with Crippen LogP contribution >= 0.6 is 11.3 Å². The fourth-order valence-electron chi connectivity index (χ4n) is 2.02. The Morgan fingerprint density at radius 1 is 1.57 bits per heavy atom. The van der Waals surface area contributed by atoms with E-state index < -0.39 is 0 Å². The summed E-state index contributed by atoms with van der Waals surface area (Å²) >= 11 is 1.85. The fraction of sp³-hybridized carbons (Fsp3) is 0.636. The van der Waals surface area contributed by atoms with Crippen LogP contribution in [0.3, 0.4) is 0 Å².